The van der Waals surface area contributed by atoms with Crippen molar-refractivity contribution in [1.29, 1.82) is 0 Å². The lowest BCUT2D eigenvalue weighted by Crippen LogP contribution is -2.35. The smallest absolute Gasteiger partial charge is 0.0615 e. The largest absolute Gasteiger partial charge is 0.397 e. The number of nitrogens with zero attached hydrogens (tertiary/aromatic N) is 1. The average Bonchev–Trinajstić information content (AvgIpc) is 2.34. The van der Waals surface area contributed by atoms with Crippen molar-refractivity contribution in [3.05, 3.63) is 22.2 Å². The van der Waals surface area contributed by atoms with Crippen LogP contribution in [-0.2, 0) is 0 Å². The number of nitrogen functional groups attached to an aromatic ring is 1. The first-order valence-electron chi connectivity index (χ1n) is 6.48. The fourth-order valence-electron chi connectivity index (χ4n) is 2.63. The molecule has 100 valence electrons. The van der Waals surface area contributed by atoms with Gasteiger partial charge in [0.15, 0.2) is 0 Å². The molecule has 18 heavy (non-hydrogen) atoms. The summed E-state index contributed by atoms with van der Waals surface area (Å²) >= 11 is 12.0. The van der Waals surface area contributed by atoms with Crippen LogP contribution in [0, 0.1) is 11.8 Å². The van der Waals surface area contributed by atoms with Gasteiger partial charge in [-0.1, -0.05) is 37.0 Å². The molecular formula is C14H20Cl2N2. The number of nitrogens with two attached hydrogens (primary N) is 1. The van der Waals surface area contributed by atoms with Gasteiger partial charge in [0.1, 0.15) is 0 Å². The molecule has 0 radical (unpaired) electrons. The maximum atomic E-state index is 6.07. The summed E-state index contributed by atoms with van der Waals surface area (Å²) in [6.07, 6.45) is 2.44. The van der Waals surface area contributed by atoms with E-state index < -0.39 is 0 Å². The predicted octanol–water partition coefficient (Wildman–Crippen LogP) is 4.45. The van der Waals surface area contributed by atoms with Gasteiger partial charge in [0.05, 0.1) is 21.4 Å². The molecule has 2 N–H and O–H groups in total. The van der Waals surface area contributed by atoms with Crippen LogP contribution in [0.3, 0.4) is 0 Å². The zero-order valence-corrected chi connectivity index (χ0v) is 12.4. The van der Waals surface area contributed by atoms with Crippen LogP contribution >= 0.6 is 23.2 Å². The van der Waals surface area contributed by atoms with Crippen LogP contribution in [0.1, 0.15) is 26.7 Å². The molecule has 1 saturated heterocycles. The Morgan fingerprint density at radius 3 is 2.28 bits per heavy atom. The zero-order chi connectivity index (χ0) is 13.3. The van der Waals surface area contributed by atoms with Crippen molar-refractivity contribution in [3.8, 4) is 0 Å². The third-order valence-electron chi connectivity index (χ3n) is 3.89. The van der Waals surface area contributed by atoms with Crippen molar-refractivity contribution in [2.45, 2.75) is 26.7 Å². The predicted molar refractivity (Wildman–Crippen MR) is 80.6 cm³/mol. The highest BCUT2D eigenvalue weighted by atomic mass is 35.5. The number of halogens is 2. The Balaban J connectivity index is 2.12. The van der Waals surface area contributed by atoms with Crippen molar-refractivity contribution in [3.63, 3.8) is 0 Å². The van der Waals surface area contributed by atoms with E-state index in [1.54, 1.807) is 6.07 Å². The van der Waals surface area contributed by atoms with Crippen LogP contribution < -0.4 is 10.6 Å². The molecule has 0 unspecified atom stereocenters. The molecule has 1 heterocycles. The fourth-order valence-corrected chi connectivity index (χ4v) is 2.96. The van der Waals surface area contributed by atoms with E-state index in [4.69, 9.17) is 28.9 Å². The molecule has 0 aromatic heterocycles. The van der Waals surface area contributed by atoms with Gasteiger partial charge in [-0.15, -0.1) is 0 Å². The lowest BCUT2D eigenvalue weighted by Gasteiger charge is -2.36. The molecule has 2 nitrogen and oxygen atoms in total. The van der Waals surface area contributed by atoms with Crippen molar-refractivity contribution < 1.29 is 0 Å². The first-order valence-corrected chi connectivity index (χ1v) is 7.24. The number of rotatable bonds is 2. The minimum Gasteiger partial charge on any atom is -0.397 e. The van der Waals surface area contributed by atoms with E-state index in [-0.39, 0.29) is 0 Å². The standard InChI is InChI=1S/C14H20Cl2N2/c1-9(2)10-3-5-18(6-4-10)14-8-12(16)11(15)7-13(14)17/h7-10H,3-6,17H2,1-2H3. The molecule has 0 atom stereocenters. The molecule has 1 aromatic carbocycles. The van der Waals surface area contributed by atoms with Crippen molar-refractivity contribution >= 4 is 34.6 Å². The first kappa shape index (κ1) is 13.8. The van der Waals surface area contributed by atoms with Gasteiger partial charge >= 0.3 is 0 Å². The van der Waals surface area contributed by atoms with Gasteiger partial charge in [0.25, 0.3) is 0 Å². The second-order valence-electron chi connectivity index (χ2n) is 5.39. The summed E-state index contributed by atoms with van der Waals surface area (Å²) < 4.78 is 0. The summed E-state index contributed by atoms with van der Waals surface area (Å²) in [7, 11) is 0. The van der Waals surface area contributed by atoms with E-state index in [0.717, 1.165) is 30.6 Å². The number of anilines is 2. The van der Waals surface area contributed by atoms with Gasteiger partial charge in [-0.25, -0.2) is 0 Å². The molecule has 0 spiro atoms. The second kappa shape index (κ2) is 5.58. The van der Waals surface area contributed by atoms with E-state index in [9.17, 15) is 0 Å². The highest BCUT2D eigenvalue weighted by molar-refractivity contribution is 6.42. The van der Waals surface area contributed by atoms with Gasteiger partial charge in [-0.3, -0.25) is 0 Å². The fraction of sp³-hybridized carbons (Fsp3) is 0.571. The molecular weight excluding hydrogens is 267 g/mol. The zero-order valence-electron chi connectivity index (χ0n) is 10.9. The van der Waals surface area contributed by atoms with Gasteiger partial charge in [-0.2, -0.15) is 0 Å². The topological polar surface area (TPSA) is 29.3 Å². The molecule has 0 amide bonds. The molecule has 0 bridgehead atoms. The lowest BCUT2D eigenvalue weighted by atomic mass is 9.86. The normalized spacial score (nSPS) is 17.5. The molecule has 0 saturated carbocycles. The number of hydrogen-bond acceptors (Lipinski definition) is 2. The quantitative estimate of drug-likeness (QED) is 0.814. The molecule has 1 aliphatic rings. The minimum atomic E-state index is 0.523. The number of benzene rings is 1. The minimum absolute atomic E-state index is 0.523. The Morgan fingerprint density at radius 1 is 1.17 bits per heavy atom. The highest BCUT2D eigenvalue weighted by Crippen LogP contribution is 2.35. The Kier molecular flexibility index (Phi) is 4.29. The maximum absolute atomic E-state index is 6.07. The summed E-state index contributed by atoms with van der Waals surface area (Å²) in [5.41, 5.74) is 7.77. The van der Waals surface area contributed by atoms with E-state index in [2.05, 4.69) is 18.7 Å². The third-order valence-corrected chi connectivity index (χ3v) is 4.61. The van der Waals surface area contributed by atoms with E-state index in [1.807, 2.05) is 6.07 Å². The SMILES string of the molecule is CC(C)C1CCN(c2cc(Cl)c(Cl)cc2N)CC1. The molecule has 1 aliphatic heterocycles. The van der Waals surface area contributed by atoms with E-state index in [0.29, 0.717) is 15.7 Å². The van der Waals surface area contributed by atoms with Crippen LogP contribution in [0.5, 0.6) is 0 Å². The summed E-state index contributed by atoms with van der Waals surface area (Å²) in [6.45, 7) is 6.69. The van der Waals surface area contributed by atoms with Crippen molar-refractivity contribution in [2.75, 3.05) is 23.7 Å². The van der Waals surface area contributed by atoms with Crippen LogP contribution in [0.15, 0.2) is 12.1 Å². The van der Waals surface area contributed by atoms with Crippen LogP contribution in [-0.4, -0.2) is 13.1 Å². The van der Waals surface area contributed by atoms with E-state index >= 15 is 0 Å². The summed E-state index contributed by atoms with van der Waals surface area (Å²) in [5.74, 6) is 1.59. The van der Waals surface area contributed by atoms with Gasteiger partial charge in [-0.05, 0) is 36.8 Å². The summed E-state index contributed by atoms with van der Waals surface area (Å²) in [5, 5.41) is 1.10. The van der Waals surface area contributed by atoms with Crippen LogP contribution in [0.2, 0.25) is 10.0 Å². The van der Waals surface area contributed by atoms with Crippen LogP contribution in [0.25, 0.3) is 0 Å². The Bertz CT molecular complexity index is 424. The highest BCUT2D eigenvalue weighted by Gasteiger charge is 2.23. The molecule has 1 aromatic rings. The molecule has 4 heteroatoms. The van der Waals surface area contributed by atoms with Gasteiger partial charge < -0.3 is 10.6 Å². The van der Waals surface area contributed by atoms with Crippen LogP contribution in [0.4, 0.5) is 11.4 Å². The van der Waals surface area contributed by atoms with Crippen molar-refractivity contribution in [1.82, 2.24) is 0 Å². The van der Waals surface area contributed by atoms with E-state index in [1.165, 1.54) is 12.8 Å². The third kappa shape index (κ3) is 2.86. The Morgan fingerprint density at radius 2 is 1.72 bits per heavy atom. The Labute approximate surface area is 119 Å². The molecule has 0 aliphatic carbocycles. The average molecular weight is 287 g/mol. The number of hydrogen-bond donors (Lipinski definition) is 1. The monoisotopic (exact) mass is 286 g/mol. The summed E-state index contributed by atoms with van der Waals surface area (Å²) in [4.78, 5) is 2.32. The Hall–Kier alpha value is -0.600. The summed E-state index contributed by atoms with van der Waals surface area (Å²) in [6, 6.07) is 3.63. The number of piperidine rings is 1. The molecule has 1 fully saturated rings. The molecule has 2 rings (SSSR count). The lowest BCUT2D eigenvalue weighted by molar-refractivity contribution is 0.311. The van der Waals surface area contributed by atoms with Gasteiger partial charge in [0.2, 0.25) is 0 Å². The van der Waals surface area contributed by atoms with Gasteiger partial charge in [0, 0.05) is 13.1 Å². The second-order valence-corrected chi connectivity index (χ2v) is 6.21. The maximum Gasteiger partial charge on any atom is 0.0615 e. The first-order chi connectivity index (χ1) is 8.49. The van der Waals surface area contributed by atoms with Crippen molar-refractivity contribution in [2.24, 2.45) is 11.8 Å².